The Morgan fingerprint density at radius 2 is 1.83 bits per heavy atom. The topological polar surface area (TPSA) is 61.4 Å². The highest BCUT2D eigenvalue weighted by molar-refractivity contribution is 14.0. The lowest BCUT2D eigenvalue weighted by atomic mass is 10.1. The van der Waals surface area contributed by atoms with Crippen LogP contribution in [0.25, 0.3) is 0 Å². The molecule has 0 saturated carbocycles. The number of hydrogen-bond donors (Lipinski definition) is 2. The third kappa shape index (κ3) is 7.18. The number of nitrogens with zero attached hydrogens (tertiary/aromatic N) is 3. The largest absolute Gasteiger partial charge is 0.497 e. The Kier molecular flexibility index (Phi) is 9.78. The molecule has 2 fully saturated rings. The van der Waals surface area contributed by atoms with E-state index in [9.17, 15) is 0 Å². The SMILES string of the molecule is CN=C(NCC1CCN(C)C1)NC1CCN(Cc2cc(OC)cc(OC)c2)C1.I. The van der Waals surface area contributed by atoms with Gasteiger partial charge in [-0.25, -0.2) is 0 Å². The van der Waals surface area contributed by atoms with Crippen LogP contribution in [0.3, 0.4) is 0 Å². The molecule has 0 radical (unpaired) electrons. The molecular weight excluding hydrogens is 481 g/mol. The maximum absolute atomic E-state index is 5.39. The molecule has 1 aromatic rings. The van der Waals surface area contributed by atoms with Gasteiger partial charge >= 0.3 is 0 Å². The number of aliphatic imine (C=N–C) groups is 1. The number of guanidine groups is 1. The fourth-order valence-electron chi connectivity index (χ4n) is 4.13. The van der Waals surface area contributed by atoms with E-state index in [1.54, 1.807) is 14.2 Å². The summed E-state index contributed by atoms with van der Waals surface area (Å²) >= 11 is 0. The van der Waals surface area contributed by atoms with Crippen molar-refractivity contribution >= 4 is 29.9 Å². The van der Waals surface area contributed by atoms with Gasteiger partial charge in [0.25, 0.3) is 0 Å². The first-order valence-corrected chi connectivity index (χ1v) is 10.2. The van der Waals surface area contributed by atoms with Crippen molar-refractivity contribution in [2.24, 2.45) is 10.9 Å². The lowest BCUT2D eigenvalue weighted by molar-refractivity contribution is 0.321. The monoisotopic (exact) mass is 517 g/mol. The first kappa shape index (κ1) is 24.0. The Balaban J connectivity index is 0.00000300. The number of benzene rings is 1. The predicted octanol–water partition coefficient (Wildman–Crippen LogP) is 2.01. The molecule has 2 N–H and O–H groups in total. The van der Waals surface area contributed by atoms with Gasteiger partial charge in [-0.05, 0) is 50.0 Å². The van der Waals surface area contributed by atoms with Crippen molar-refractivity contribution in [1.82, 2.24) is 20.4 Å². The third-order valence-electron chi connectivity index (χ3n) is 5.70. The van der Waals surface area contributed by atoms with Gasteiger partial charge in [0.05, 0.1) is 14.2 Å². The lowest BCUT2D eigenvalue weighted by Crippen LogP contribution is -2.46. The molecule has 1 aromatic carbocycles. The van der Waals surface area contributed by atoms with Crippen LogP contribution in [0.2, 0.25) is 0 Å². The quantitative estimate of drug-likeness (QED) is 0.328. The molecule has 0 spiro atoms. The van der Waals surface area contributed by atoms with Crippen LogP contribution < -0.4 is 20.1 Å². The van der Waals surface area contributed by atoms with Gasteiger partial charge in [0.15, 0.2) is 5.96 Å². The molecule has 8 heteroatoms. The minimum absolute atomic E-state index is 0. The Bertz CT molecular complexity index is 650. The van der Waals surface area contributed by atoms with Crippen LogP contribution in [0.5, 0.6) is 11.5 Å². The molecule has 0 aliphatic carbocycles. The summed E-state index contributed by atoms with van der Waals surface area (Å²) in [6.07, 6.45) is 2.38. The molecular formula is C21H36IN5O2. The normalized spacial score (nSPS) is 23.0. The first-order chi connectivity index (χ1) is 13.6. The molecule has 2 aliphatic rings. The third-order valence-corrected chi connectivity index (χ3v) is 5.70. The van der Waals surface area contributed by atoms with Crippen LogP contribution in [-0.2, 0) is 6.54 Å². The van der Waals surface area contributed by atoms with E-state index in [-0.39, 0.29) is 24.0 Å². The highest BCUT2D eigenvalue weighted by Crippen LogP contribution is 2.24. The summed E-state index contributed by atoms with van der Waals surface area (Å²) in [6, 6.07) is 6.50. The summed E-state index contributed by atoms with van der Waals surface area (Å²) in [4.78, 5) is 9.27. The summed E-state index contributed by atoms with van der Waals surface area (Å²) in [6.45, 7) is 6.33. The molecule has 29 heavy (non-hydrogen) atoms. The molecule has 3 rings (SSSR count). The van der Waals surface area contributed by atoms with Gasteiger partial charge in [0.1, 0.15) is 11.5 Å². The average Bonchev–Trinajstić information content (AvgIpc) is 3.33. The molecule has 164 valence electrons. The van der Waals surface area contributed by atoms with E-state index in [4.69, 9.17) is 9.47 Å². The van der Waals surface area contributed by atoms with Crippen molar-refractivity contribution in [1.29, 1.82) is 0 Å². The smallest absolute Gasteiger partial charge is 0.191 e. The fourth-order valence-corrected chi connectivity index (χ4v) is 4.13. The van der Waals surface area contributed by atoms with Gasteiger partial charge in [-0.1, -0.05) is 0 Å². The maximum Gasteiger partial charge on any atom is 0.191 e. The number of rotatable bonds is 7. The zero-order chi connectivity index (χ0) is 19.9. The Morgan fingerprint density at radius 1 is 1.10 bits per heavy atom. The summed E-state index contributed by atoms with van der Waals surface area (Å²) in [5.74, 6) is 3.31. The maximum atomic E-state index is 5.39. The summed E-state index contributed by atoms with van der Waals surface area (Å²) < 4.78 is 10.8. The van der Waals surface area contributed by atoms with Gasteiger partial charge in [0.2, 0.25) is 0 Å². The summed E-state index contributed by atoms with van der Waals surface area (Å²) in [7, 11) is 7.43. The predicted molar refractivity (Wildman–Crippen MR) is 129 cm³/mol. The molecule has 0 amide bonds. The second-order valence-corrected chi connectivity index (χ2v) is 7.96. The Hall–Kier alpha value is -1.26. The van der Waals surface area contributed by atoms with Gasteiger partial charge in [0, 0.05) is 51.9 Å². The number of methoxy groups -OCH3 is 2. The zero-order valence-corrected chi connectivity index (χ0v) is 20.4. The Morgan fingerprint density at radius 3 is 2.41 bits per heavy atom. The molecule has 2 unspecified atom stereocenters. The number of ether oxygens (including phenoxy) is 2. The molecule has 0 aromatic heterocycles. The second kappa shape index (κ2) is 11.8. The van der Waals surface area contributed by atoms with E-state index in [1.165, 1.54) is 25.1 Å². The second-order valence-electron chi connectivity index (χ2n) is 7.96. The van der Waals surface area contributed by atoms with Crippen molar-refractivity contribution in [3.05, 3.63) is 23.8 Å². The molecule has 2 aliphatic heterocycles. The van der Waals surface area contributed by atoms with E-state index < -0.39 is 0 Å². The van der Waals surface area contributed by atoms with Crippen LogP contribution in [0.4, 0.5) is 0 Å². The highest BCUT2D eigenvalue weighted by Gasteiger charge is 2.24. The standard InChI is InChI=1S/C21H35N5O2.HI/c1-22-21(23-12-16-5-7-25(2)13-16)24-18-6-8-26(15-18)14-17-9-19(27-3)11-20(10-17)28-4;/h9-11,16,18H,5-8,12-15H2,1-4H3,(H2,22,23,24);1H. The molecule has 2 atom stereocenters. The Labute approximate surface area is 192 Å². The lowest BCUT2D eigenvalue weighted by Gasteiger charge is -2.20. The van der Waals surface area contributed by atoms with Crippen molar-refractivity contribution in [2.45, 2.75) is 25.4 Å². The number of nitrogens with one attached hydrogen (secondary N) is 2. The van der Waals surface area contributed by atoms with E-state index in [0.717, 1.165) is 50.1 Å². The molecule has 2 saturated heterocycles. The van der Waals surface area contributed by atoms with Crippen LogP contribution >= 0.6 is 24.0 Å². The van der Waals surface area contributed by atoms with Crippen molar-refractivity contribution < 1.29 is 9.47 Å². The molecule has 2 heterocycles. The van der Waals surface area contributed by atoms with Gasteiger partial charge in [-0.2, -0.15) is 0 Å². The van der Waals surface area contributed by atoms with Crippen LogP contribution in [0.15, 0.2) is 23.2 Å². The summed E-state index contributed by atoms with van der Waals surface area (Å²) in [5, 5.41) is 7.11. The first-order valence-electron chi connectivity index (χ1n) is 10.2. The highest BCUT2D eigenvalue weighted by atomic mass is 127. The molecule has 7 nitrogen and oxygen atoms in total. The minimum atomic E-state index is 0. The summed E-state index contributed by atoms with van der Waals surface area (Å²) in [5.41, 5.74) is 1.21. The van der Waals surface area contributed by atoms with Crippen LogP contribution in [0.1, 0.15) is 18.4 Å². The number of likely N-dealkylation sites (tertiary alicyclic amines) is 2. The van der Waals surface area contributed by atoms with Crippen LogP contribution in [0, 0.1) is 5.92 Å². The average molecular weight is 517 g/mol. The number of hydrogen-bond acceptors (Lipinski definition) is 5. The van der Waals surface area contributed by atoms with Gasteiger partial charge in [-0.3, -0.25) is 9.89 Å². The van der Waals surface area contributed by atoms with Crippen molar-refractivity contribution in [2.75, 3.05) is 61.0 Å². The van der Waals surface area contributed by atoms with Crippen molar-refractivity contribution in [3.8, 4) is 11.5 Å². The van der Waals surface area contributed by atoms with E-state index in [0.29, 0.717) is 12.0 Å². The number of halogens is 1. The molecule has 0 bridgehead atoms. The van der Waals surface area contributed by atoms with Gasteiger partial charge in [-0.15, -0.1) is 24.0 Å². The van der Waals surface area contributed by atoms with Crippen molar-refractivity contribution in [3.63, 3.8) is 0 Å². The van der Waals surface area contributed by atoms with E-state index in [2.05, 4.69) is 44.6 Å². The van der Waals surface area contributed by atoms with Crippen LogP contribution in [-0.4, -0.2) is 82.8 Å². The fraction of sp³-hybridized carbons (Fsp3) is 0.667. The van der Waals surface area contributed by atoms with Gasteiger partial charge < -0.3 is 25.0 Å². The zero-order valence-electron chi connectivity index (χ0n) is 18.1. The van der Waals surface area contributed by atoms with E-state index >= 15 is 0 Å². The van der Waals surface area contributed by atoms with E-state index in [1.807, 2.05) is 13.1 Å². The minimum Gasteiger partial charge on any atom is -0.497 e.